The van der Waals surface area contributed by atoms with Crippen molar-refractivity contribution in [3.63, 3.8) is 0 Å². The Bertz CT molecular complexity index is 280. The fourth-order valence-corrected chi connectivity index (χ4v) is 2.42. The molecule has 0 aliphatic rings. The van der Waals surface area contributed by atoms with Gasteiger partial charge in [0.25, 0.3) is 0 Å². The number of hydrogen-bond acceptors (Lipinski definition) is 3. The largest absolute Gasteiger partial charge is 0.350 e. The molecular formula is C12H26N2O2S. The van der Waals surface area contributed by atoms with Crippen LogP contribution in [-0.2, 0) is 15.6 Å². The second-order valence-corrected chi connectivity index (χ2v) is 7.06. The molecule has 0 aromatic carbocycles. The Morgan fingerprint density at radius 1 is 1.41 bits per heavy atom. The first-order valence-electron chi connectivity index (χ1n) is 6.12. The predicted octanol–water partition coefficient (Wildman–Crippen LogP) is 1.02. The van der Waals surface area contributed by atoms with E-state index in [0.29, 0.717) is 12.3 Å². The van der Waals surface area contributed by atoms with Crippen molar-refractivity contribution in [3.8, 4) is 0 Å². The van der Waals surface area contributed by atoms with Crippen LogP contribution in [0.1, 0.15) is 41.0 Å². The molecule has 102 valence electrons. The SMILES string of the molecule is CCC(C)(C)NC(=O)C(C)S(=O)CC(C)CN. The molecule has 3 unspecified atom stereocenters. The third-order valence-electron chi connectivity index (χ3n) is 2.96. The van der Waals surface area contributed by atoms with Gasteiger partial charge in [0.1, 0.15) is 5.25 Å². The van der Waals surface area contributed by atoms with Gasteiger partial charge in [-0.25, -0.2) is 0 Å². The Morgan fingerprint density at radius 2 is 1.94 bits per heavy atom. The lowest BCUT2D eigenvalue weighted by Crippen LogP contribution is -2.48. The number of carbonyl (C=O) groups is 1. The Kier molecular flexibility index (Phi) is 6.94. The van der Waals surface area contributed by atoms with Gasteiger partial charge in [0.15, 0.2) is 0 Å². The van der Waals surface area contributed by atoms with Crippen LogP contribution in [0.2, 0.25) is 0 Å². The molecule has 0 aliphatic carbocycles. The molecule has 0 heterocycles. The maximum Gasteiger partial charge on any atom is 0.235 e. The van der Waals surface area contributed by atoms with Crippen molar-refractivity contribution in [1.82, 2.24) is 5.32 Å². The highest BCUT2D eigenvalue weighted by molar-refractivity contribution is 7.86. The number of nitrogens with two attached hydrogens (primary N) is 1. The molecule has 0 saturated carbocycles. The van der Waals surface area contributed by atoms with Gasteiger partial charge in [0.05, 0.1) is 0 Å². The highest BCUT2D eigenvalue weighted by Gasteiger charge is 2.25. The summed E-state index contributed by atoms with van der Waals surface area (Å²) in [5.74, 6) is 0.530. The van der Waals surface area contributed by atoms with Gasteiger partial charge in [-0.2, -0.15) is 0 Å². The van der Waals surface area contributed by atoms with Gasteiger partial charge in [-0.15, -0.1) is 0 Å². The van der Waals surface area contributed by atoms with Crippen LogP contribution in [0.5, 0.6) is 0 Å². The summed E-state index contributed by atoms with van der Waals surface area (Å²) < 4.78 is 11.9. The van der Waals surface area contributed by atoms with Crippen molar-refractivity contribution in [2.24, 2.45) is 11.7 Å². The van der Waals surface area contributed by atoms with Crippen LogP contribution in [0.25, 0.3) is 0 Å². The van der Waals surface area contributed by atoms with E-state index in [-0.39, 0.29) is 17.4 Å². The Hall–Kier alpha value is -0.420. The molecule has 1 amide bonds. The van der Waals surface area contributed by atoms with E-state index >= 15 is 0 Å². The smallest absolute Gasteiger partial charge is 0.235 e. The Balaban J connectivity index is 4.35. The number of hydrogen-bond donors (Lipinski definition) is 2. The molecule has 3 atom stereocenters. The van der Waals surface area contributed by atoms with E-state index in [2.05, 4.69) is 5.32 Å². The van der Waals surface area contributed by atoms with Crippen molar-refractivity contribution in [2.75, 3.05) is 12.3 Å². The van der Waals surface area contributed by atoms with Gasteiger partial charge in [-0.1, -0.05) is 13.8 Å². The highest BCUT2D eigenvalue weighted by atomic mass is 32.2. The zero-order chi connectivity index (χ0) is 13.6. The molecule has 0 radical (unpaired) electrons. The van der Waals surface area contributed by atoms with Crippen molar-refractivity contribution < 1.29 is 9.00 Å². The lowest BCUT2D eigenvalue weighted by atomic mass is 10.0. The second-order valence-electron chi connectivity index (χ2n) is 5.26. The molecule has 0 aliphatic heterocycles. The lowest BCUT2D eigenvalue weighted by Gasteiger charge is -2.26. The minimum absolute atomic E-state index is 0.139. The maximum atomic E-state index is 11.9. The van der Waals surface area contributed by atoms with E-state index in [9.17, 15) is 9.00 Å². The quantitative estimate of drug-likeness (QED) is 0.719. The first-order chi connectivity index (χ1) is 7.73. The number of nitrogens with one attached hydrogen (secondary N) is 1. The average Bonchev–Trinajstić information content (AvgIpc) is 2.27. The summed E-state index contributed by atoms with van der Waals surface area (Å²) >= 11 is 0. The van der Waals surface area contributed by atoms with E-state index in [1.54, 1.807) is 6.92 Å². The monoisotopic (exact) mass is 262 g/mol. The fraction of sp³-hybridized carbons (Fsp3) is 0.917. The van der Waals surface area contributed by atoms with E-state index < -0.39 is 16.0 Å². The number of amides is 1. The summed E-state index contributed by atoms with van der Waals surface area (Å²) in [6.07, 6.45) is 0.845. The standard InChI is InChI=1S/C12H26N2O2S/c1-6-12(4,5)14-11(15)10(3)17(16)8-9(2)7-13/h9-10H,6-8,13H2,1-5H3,(H,14,15). The molecule has 3 N–H and O–H groups in total. The van der Waals surface area contributed by atoms with Gasteiger partial charge in [-0.3, -0.25) is 9.00 Å². The maximum absolute atomic E-state index is 11.9. The predicted molar refractivity (Wildman–Crippen MR) is 73.2 cm³/mol. The Morgan fingerprint density at radius 3 is 2.35 bits per heavy atom. The summed E-state index contributed by atoms with van der Waals surface area (Å²) in [5, 5.41) is 2.44. The lowest BCUT2D eigenvalue weighted by molar-refractivity contribution is -0.121. The summed E-state index contributed by atoms with van der Waals surface area (Å²) in [6.45, 7) is 10.1. The van der Waals surface area contributed by atoms with Crippen molar-refractivity contribution in [1.29, 1.82) is 0 Å². The van der Waals surface area contributed by atoms with Gasteiger partial charge in [0.2, 0.25) is 5.91 Å². The van der Waals surface area contributed by atoms with Crippen LogP contribution in [0.4, 0.5) is 0 Å². The average molecular weight is 262 g/mol. The third-order valence-corrected chi connectivity index (χ3v) is 4.86. The molecule has 0 spiro atoms. The number of rotatable bonds is 7. The minimum Gasteiger partial charge on any atom is -0.350 e. The highest BCUT2D eigenvalue weighted by Crippen LogP contribution is 2.09. The normalized spacial score (nSPS) is 17.3. The molecular weight excluding hydrogens is 236 g/mol. The van der Waals surface area contributed by atoms with Gasteiger partial charge >= 0.3 is 0 Å². The molecule has 4 nitrogen and oxygen atoms in total. The van der Waals surface area contributed by atoms with Crippen LogP contribution in [-0.4, -0.2) is 33.2 Å². The van der Waals surface area contributed by atoms with Crippen LogP contribution < -0.4 is 11.1 Å². The number of carbonyl (C=O) groups excluding carboxylic acids is 1. The van der Waals surface area contributed by atoms with Crippen LogP contribution in [0.15, 0.2) is 0 Å². The van der Waals surface area contributed by atoms with E-state index in [1.165, 1.54) is 0 Å². The molecule has 0 fully saturated rings. The molecule has 0 saturated heterocycles. The molecule has 5 heteroatoms. The van der Waals surface area contributed by atoms with Gasteiger partial charge < -0.3 is 11.1 Å². The first kappa shape index (κ1) is 16.6. The summed E-state index contributed by atoms with van der Waals surface area (Å²) in [4.78, 5) is 11.9. The van der Waals surface area contributed by atoms with E-state index in [0.717, 1.165) is 6.42 Å². The molecule has 0 aromatic heterocycles. The van der Waals surface area contributed by atoms with Crippen molar-refractivity contribution in [2.45, 2.75) is 51.8 Å². The van der Waals surface area contributed by atoms with Crippen LogP contribution in [0.3, 0.4) is 0 Å². The Labute approximate surface area is 107 Å². The van der Waals surface area contributed by atoms with Gasteiger partial charge in [0, 0.05) is 22.1 Å². The topological polar surface area (TPSA) is 72.2 Å². The van der Waals surface area contributed by atoms with Crippen LogP contribution >= 0.6 is 0 Å². The summed E-state index contributed by atoms with van der Waals surface area (Å²) in [7, 11) is -1.15. The van der Waals surface area contributed by atoms with Crippen molar-refractivity contribution >= 4 is 16.7 Å². The fourth-order valence-electron chi connectivity index (χ4n) is 1.14. The third kappa shape index (κ3) is 6.17. The second kappa shape index (κ2) is 7.11. The molecule has 0 aromatic rings. The van der Waals surface area contributed by atoms with Crippen LogP contribution in [0, 0.1) is 5.92 Å². The minimum atomic E-state index is -1.15. The zero-order valence-corrected chi connectivity index (χ0v) is 12.4. The summed E-state index contributed by atoms with van der Waals surface area (Å²) in [6, 6.07) is 0. The van der Waals surface area contributed by atoms with Crippen molar-refractivity contribution in [3.05, 3.63) is 0 Å². The van der Waals surface area contributed by atoms with E-state index in [4.69, 9.17) is 5.73 Å². The summed E-state index contributed by atoms with van der Waals surface area (Å²) in [5.41, 5.74) is 5.24. The van der Waals surface area contributed by atoms with Gasteiger partial charge in [-0.05, 0) is 39.7 Å². The molecule has 0 rings (SSSR count). The molecule has 17 heavy (non-hydrogen) atoms. The first-order valence-corrected chi connectivity index (χ1v) is 7.51. The molecule has 0 bridgehead atoms. The van der Waals surface area contributed by atoms with E-state index in [1.807, 2.05) is 27.7 Å². The zero-order valence-electron chi connectivity index (χ0n) is 11.6.